The molecule has 0 aliphatic rings. The van der Waals surface area contributed by atoms with Crippen molar-refractivity contribution in [3.63, 3.8) is 0 Å². The topological polar surface area (TPSA) is 49.8 Å². The van der Waals surface area contributed by atoms with Crippen LogP contribution in [0.15, 0.2) is 29.6 Å². The van der Waals surface area contributed by atoms with E-state index in [1.807, 2.05) is 17.0 Å². The maximum Gasteiger partial charge on any atom is 0.317 e. The number of thiophene rings is 1. The zero-order valence-electron chi connectivity index (χ0n) is 10.8. The van der Waals surface area contributed by atoms with Gasteiger partial charge in [-0.05, 0) is 22.4 Å². The van der Waals surface area contributed by atoms with Gasteiger partial charge in [0.05, 0.1) is 13.2 Å². The van der Waals surface area contributed by atoms with E-state index >= 15 is 0 Å². The number of carboxylic acids is 1. The molecule has 1 aromatic carbocycles. The highest BCUT2D eigenvalue weighted by Gasteiger charge is 2.12. The van der Waals surface area contributed by atoms with Crippen molar-refractivity contribution in [3.05, 3.63) is 35.2 Å². The third-order valence-electron chi connectivity index (χ3n) is 2.93. The van der Waals surface area contributed by atoms with Crippen LogP contribution in [0.25, 0.3) is 10.1 Å². The summed E-state index contributed by atoms with van der Waals surface area (Å²) in [6.07, 6.45) is 0. The normalized spacial score (nSPS) is 11.3. The Balaban J connectivity index is 2.13. The van der Waals surface area contributed by atoms with Crippen LogP contribution in [0.1, 0.15) is 5.56 Å². The predicted octanol–water partition coefficient (Wildman–Crippen LogP) is 2.43. The van der Waals surface area contributed by atoms with Crippen LogP contribution in [0.3, 0.4) is 0 Å². The van der Waals surface area contributed by atoms with E-state index in [-0.39, 0.29) is 6.54 Å². The van der Waals surface area contributed by atoms with E-state index in [4.69, 9.17) is 9.84 Å². The summed E-state index contributed by atoms with van der Waals surface area (Å²) in [5, 5.41) is 12.3. The molecule has 1 N–H and O–H groups in total. The highest BCUT2D eigenvalue weighted by atomic mass is 32.1. The minimum atomic E-state index is -0.810. The molecule has 0 radical (unpaired) electrons. The van der Waals surface area contributed by atoms with Gasteiger partial charge >= 0.3 is 5.97 Å². The molecule has 5 heteroatoms. The Bertz CT molecular complexity index is 552. The Morgan fingerprint density at radius 2 is 2.21 bits per heavy atom. The van der Waals surface area contributed by atoms with Crippen LogP contribution in [0.2, 0.25) is 0 Å². The maximum absolute atomic E-state index is 10.9. The molecule has 0 atom stereocenters. The molecule has 19 heavy (non-hydrogen) atoms. The van der Waals surface area contributed by atoms with Gasteiger partial charge in [-0.2, -0.15) is 0 Å². The molecule has 0 unspecified atom stereocenters. The van der Waals surface area contributed by atoms with E-state index < -0.39 is 5.97 Å². The lowest BCUT2D eigenvalue weighted by Crippen LogP contribution is -2.32. The van der Waals surface area contributed by atoms with Crippen LogP contribution in [0, 0.1) is 0 Å². The molecule has 1 aromatic heterocycles. The second kappa shape index (κ2) is 6.65. The zero-order valence-corrected chi connectivity index (χ0v) is 11.7. The molecular weight excluding hydrogens is 262 g/mol. The molecule has 0 aliphatic heterocycles. The standard InChI is InChI=1S/C14H17NO3S/c1-18-7-6-15(9-14(16)17)8-11-10-19-13-5-3-2-4-12(11)13/h2-5,10H,6-9H2,1H3,(H,16,17). The summed E-state index contributed by atoms with van der Waals surface area (Å²) in [5.74, 6) is -0.810. The molecule has 0 amide bonds. The third kappa shape index (κ3) is 3.76. The molecule has 0 saturated heterocycles. The number of methoxy groups -OCH3 is 1. The van der Waals surface area contributed by atoms with E-state index in [0.29, 0.717) is 19.7 Å². The molecule has 2 rings (SSSR count). The van der Waals surface area contributed by atoms with Crippen molar-refractivity contribution in [3.8, 4) is 0 Å². The largest absolute Gasteiger partial charge is 0.480 e. The third-order valence-corrected chi connectivity index (χ3v) is 3.94. The summed E-state index contributed by atoms with van der Waals surface area (Å²) in [4.78, 5) is 12.8. The summed E-state index contributed by atoms with van der Waals surface area (Å²) in [5.41, 5.74) is 1.18. The lowest BCUT2D eigenvalue weighted by molar-refractivity contribution is -0.138. The smallest absolute Gasteiger partial charge is 0.317 e. The van der Waals surface area contributed by atoms with Crippen molar-refractivity contribution in [1.82, 2.24) is 4.90 Å². The van der Waals surface area contributed by atoms with Crippen molar-refractivity contribution >= 4 is 27.4 Å². The number of carboxylic acid groups (broad SMARTS) is 1. The Kier molecular flexibility index (Phi) is 4.90. The molecule has 1 heterocycles. The molecule has 4 nitrogen and oxygen atoms in total. The predicted molar refractivity (Wildman–Crippen MR) is 76.6 cm³/mol. The second-order valence-corrected chi connectivity index (χ2v) is 5.27. The number of ether oxygens (including phenoxy) is 1. The molecule has 0 fully saturated rings. The second-order valence-electron chi connectivity index (χ2n) is 4.35. The van der Waals surface area contributed by atoms with Gasteiger partial charge in [-0.1, -0.05) is 18.2 Å². The molecule has 102 valence electrons. The van der Waals surface area contributed by atoms with Crippen LogP contribution >= 0.6 is 11.3 Å². The van der Waals surface area contributed by atoms with Crippen molar-refractivity contribution in [2.24, 2.45) is 0 Å². The average molecular weight is 279 g/mol. The first-order chi connectivity index (χ1) is 9.20. The van der Waals surface area contributed by atoms with E-state index in [1.54, 1.807) is 18.4 Å². The van der Waals surface area contributed by atoms with Gasteiger partial charge in [-0.3, -0.25) is 9.69 Å². The lowest BCUT2D eigenvalue weighted by Gasteiger charge is -2.19. The Morgan fingerprint density at radius 3 is 2.95 bits per heavy atom. The van der Waals surface area contributed by atoms with E-state index in [9.17, 15) is 4.79 Å². The number of hydrogen-bond donors (Lipinski definition) is 1. The van der Waals surface area contributed by atoms with E-state index in [1.165, 1.54) is 15.6 Å². The quantitative estimate of drug-likeness (QED) is 0.845. The van der Waals surface area contributed by atoms with E-state index in [0.717, 1.165) is 0 Å². The number of hydrogen-bond acceptors (Lipinski definition) is 4. The Morgan fingerprint density at radius 1 is 1.42 bits per heavy atom. The number of nitrogens with zero attached hydrogens (tertiary/aromatic N) is 1. The minimum Gasteiger partial charge on any atom is -0.480 e. The summed E-state index contributed by atoms with van der Waals surface area (Å²) in [6.45, 7) is 1.83. The SMILES string of the molecule is COCCN(CC(=O)O)Cc1csc2ccccc12. The van der Waals surface area contributed by atoms with E-state index in [2.05, 4.69) is 17.5 Å². The van der Waals surface area contributed by atoms with Crippen LogP contribution in [0.4, 0.5) is 0 Å². The van der Waals surface area contributed by atoms with Crippen molar-refractivity contribution in [1.29, 1.82) is 0 Å². The van der Waals surface area contributed by atoms with Gasteiger partial charge in [0.25, 0.3) is 0 Å². The highest BCUT2D eigenvalue weighted by molar-refractivity contribution is 7.17. The first-order valence-electron chi connectivity index (χ1n) is 6.09. The van der Waals surface area contributed by atoms with Crippen LogP contribution in [-0.4, -0.2) is 42.8 Å². The number of fused-ring (bicyclic) bond motifs is 1. The highest BCUT2D eigenvalue weighted by Crippen LogP contribution is 2.26. The zero-order chi connectivity index (χ0) is 13.7. The summed E-state index contributed by atoms with van der Waals surface area (Å²) in [6, 6.07) is 8.19. The van der Waals surface area contributed by atoms with Gasteiger partial charge in [0, 0.05) is 24.9 Å². The monoisotopic (exact) mass is 279 g/mol. The van der Waals surface area contributed by atoms with Gasteiger partial charge < -0.3 is 9.84 Å². The first-order valence-corrected chi connectivity index (χ1v) is 6.97. The molecule has 2 aromatic rings. The first kappa shape index (κ1) is 14.0. The van der Waals surface area contributed by atoms with Crippen LogP contribution in [0.5, 0.6) is 0 Å². The van der Waals surface area contributed by atoms with Gasteiger partial charge in [-0.15, -0.1) is 11.3 Å². The number of rotatable bonds is 7. The fourth-order valence-electron chi connectivity index (χ4n) is 2.02. The molecule has 0 spiro atoms. The van der Waals surface area contributed by atoms with Crippen molar-refractivity contribution in [2.45, 2.75) is 6.54 Å². The van der Waals surface area contributed by atoms with Crippen LogP contribution in [-0.2, 0) is 16.1 Å². The number of benzene rings is 1. The summed E-state index contributed by atoms with van der Waals surface area (Å²) in [7, 11) is 1.62. The van der Waals surface area contributed by atoms with Crippen LogP contribution < -0.4 is 0 Å². The lowest BCUT2D eigenvalue weighted by atomic mass is 10.1. The Hall–Kier alpha value is -1.43. The molecule has 0 bridgehead atoms. The van der Waals surface area contributed by atoms with Gasteiger partial charge in [0.15, 0.2) is 0 Å². The van der Waals surface area contributed by atoms with Gasteiger partial charge in [0.1, 0.15) is 0 Å². The van der Waals surface area contributed by atoms with Crippen molar-refractivity contribution in [2.75, 3.05) is 26.8 Å². The summed E-state index contributed by atoms with van der Waals surface area (Å²) >= 11 is 1.69. The molecular formula is C14H17NO3S. The summed E-state index contributed by atoms with van der Waals surface area (Å²) < 4.78 is 6.26. The number of carbonyl (C=O) groups is 1. The fraction of sp³-hybridized carbons (Fsp3) is 0.357. The average Bonchev–Trinajstić information content (AvgIpc) is 2.79. The van der Waals surface area contributed by atoms with Crippen molar-refractivity contribution < 1.29 is 14.6 Å². The minimum absolute atomic E-state index is 0.0353. The van der Waals surface area contributed by atoms with Gasteiger partial charge in [-0.25, -0.2) is 0 Å². The number of aliphatic carboxylic acids is 1. The fourth-order valence-corrected chi connectivity index (χ4v) is 2.98. The Labute approximate surface area is 116 Å². The molecule has 0 aliphatic carbocycles. The van der Waals surface area contributed by atoms with Gasteiger partial charge in [0.2, 0.25) is 0 Å². The molecule has 0 saturated carbocycles. The maximum atomic E-state index is 10.9.